The number of thiazole rings is 1. The molecule has 2 atom stereocenters. The molecule has 1 aromatic heterocycles. The topological polar surface area (TPSA) is 34.2 Å². The number of nitrogens with zero attached hydrogens (tertiary/aromatic N) is 1. The van der Waals surface area contributed by atoms with E-state index in [4.69, 9.17) is 4.74 Å². The molecule has 3 nitrogen and oxygen atoms in total. The largest absolute Gasteiger partial charge is 0.380 e. The van der Waals surface area contributed by atoms with Gasteiger partial charge in [0.25, 0.3) is 0 Å². The van der Waals surface area contributed by atoms with E-state index in [-0.39, 0.29) is 0 Å². The van der Waals surface area contributed by atoms with Crippen LogP contribution in [0.5, 0.6) is 0 Å². The molecule has 0 aliphatic heterocycles. The third-order valence-corrected chi connectivity index (χ3v) is 4.18. The number of likely N-dealkylation sites (N-methyl/N-ethyl adjacent to an activating group) is 1. The molecule has 0 saturated heterocycles. The molecule has 1 N–H and O–H groups in total. The van der Waals surface area contributed by atoms with Gasteiger partial charge in [-0.1, -0.05) is 0 Å². The lowest BCUT2D eigenvalue weighted by Crippen LogP contribution is -2.41. The molecular weight excluding hydrogens is 220 g/mol. The average molecular weight is 240 g/mol. The predicted molar refractivity (Wildman–Crippen MR) is 66.9 cm³/mol. The minimum Gasteiger partial charge on any atom is -0.380 e. The van der Waals surface area contributed by atoms with Crippen LogP contribution in [0.4, 0.5) is 0 Å². The van der Waals surface area contributed by atoms with Gasteiger partial charge in [-0.2, -0.15) is 0 Å². The molecule has 0 bridgehead atoms. The first-order valence-corrected chi connectivity index (χ1v) is 6.73. The molecule has 1 aliphatic carbocycles. The number of nitrogens with one attached hydrogen (secondary N) is 1. The molecule has 1 fully saturated rings. The summed E-state index contributed by atoms with van der Waals surface area (Å²) in [5.74, 6) is 0.753. The van der Waals surface area contributed by atoms with Gasteiger partial charge in [0.05, 0.1) is 11.1 Å². The van der Waals surface area contributed by atoms with E-state index in [0.29, 0.717) is 12.1 Å². The van der Waals surface area contributed by atoms with Crippen molar-refractivity contribution in [2.24, 2.45) is 5.92 Å². The third-order valence-electron chi connectivity index (χ3n) is 3.19. The van der Waals surface area contributed by atoms with Gasteiger partial charge in [0.15, 0.2) is 0 Å². The summed E-state index contributed by atoms with van der Waals surface area (Å²) < 4.78 is 5.62. The normalized spacial score (nSPS) is 19.7. The van der Waals surface area contributed by atoms with Crippen molar-refractivity contribution in [1.29, 1.82) is 0 Å². The second-order valence-electron chi connectivity index (χ2n) is 4.52. The summed E-state index contributed by atoms with van der Waals surface area (Å²) in [7, 11) is 3.83. The Balaban J connectivity index is 1.98. The number of hydrogen-bond donors (Lipinski definition) is 1. The van der Waals surface area contributed by atoms with Gasteiger partial charge in [0, 0.05) is 30.6 Å². The molecule has 2 rings (SSSR count). The van der Waals surface area contributed by atoms with Crippen molar-refractivity contribution in [2.45, 2.75) is 38.3 Å². The standard InChI is InChI=1S/C12H20N2OS/c1-8-7-16-11(14-8)6-10(13-2)12(15-3)9-4-5-9/h7,9-10,12-13H,4-6H2,1-3H3. The van der Waals surface area contributed by atoms with Gasteiger partial charge < -0.3 is 10.1 Å². The number of aromatic nitrogens is 1. The summed E-state index contributed by atoms with van der Waals surface area (Å²) in [6.07, 6.45) is 3.94. The molecule has 0 radical (unpaired) electrons. The highest BCUT2D eigenvalue weighted by atomic mass is 32.1. The molecule has 0 amide bonds. The quantitative estimate of drug-likeness (QED) is 0.826. The Morgan fingerprint density at radius 3 is 2.81 bits per heavy atom. The van der Waals surface area contributed by atoms with Crippen molar-refractivity contribution in [1.82, 2.24) is 10.3 Å². The molecule has 1 saturated carbocycles. The number of ether oxygens (including phenoxy) is 1. The van der Waals surface area contributed by atoms with Crippen LogP contribution < -0.4 is 5.32 Å². The molecule has 4 heteroatoms. The van der Waals surface area contributed by atoms with E-state index < -0.39 is 0 Å². The Morgan fingerprint density at radius 1 is 1.62 bits per heavy atom. The molecule has 0 spiro atoms. The van der Waals surface area contributed by atoms with Crippen LogP contribution in [0.3, 0.4) is 0 Å². The number of rotatable bonds is 6. The predicted octanol–water partition coefficient (Wildman–Crippen LogP) is 2.01. The monoisotopic (exact) mass is 240 g/mol. The minimum absolute atomic E-state index is 0.342. The van der Waals surface area contributed by atoms with Crippen molar-refractivity contribution < 1.29 is 4.74 Å². The van der Waals surface area contributed by atoms with E-state index >= 15 is 0 Å². The summed E-state index contributed by atoms with van der Waals surface area (Å²) in [5.41, 5.74) is 1.12. The van der Waals surface area contributed by atoms with Crippen molar-refractivity contribution in [3.63, 3.8) is 0 Å². The van der Waals surface area contributed by atoms with Gasteiger partial charge >= 0.3 is 0 Å². The van der Waals surface area contributed by atoms with E-state index in [1.54, 1.807) is 11.3 Å². The highest BCUT2D eigenvalue weighted by molar-refractivity contribution is 7.09. The highest BCUT2D eigenvalue weighted by Gasteiger charge is 2.36. The summed E-state index contributed by atoms with van der Waals surface area (Å²) >= 11 is 1.75. The van der Waals surface area contributed by atoms with Gasteiger partial charge in [0.1, 0.15) is 0 Å². The van der Waals surface area contributed by atoms with Crippen molar-refractivity contribution in [3.05, 3.63) is 16.1 Å². The summed E-state index contributed by atoms with van der Waals surface area (Å²) in [4.78, 5) is 4.52. The first-order chi connectivity index (χ1) is 7.74. The molecule has 1 heterocycles. The zero-order valence-corrected chi connectivity index (χ0v) is 11.0. The Morgan fingerprint density at radius 2 is 2.38 bits per heavy atom. The number of aryl methyl sites for hydroxylation is 1. The van der Waals surface area contributed by atoms with Crippen molar-refractivity contribution >= 4 is 11.3 Å². The van der Waals surface area contributed by atoms with E-state index in [2.05, 4.69) is 15.7 Å². The number of hydrogen-bond acceptors (Lipinski definition) is 4. The molecule has 1 aliphatic rings. The van der Waals surface area contributed by atoms with Crippen LogP contribution in [0, 0.1) is 12.8 Å². The van der Waals surface area contributed by atoms with E-state index in [1.807, 2.05) is 21.1 Å². The zero-order chi connectivity index (χ0) is 11.5. The van der Waals surface area contributed by atoms with Gasteiger partial charge in [-0.25, -0.2) is 4.98 Å². The maximum Gasteiger partial charge on any atom is 0.0944 e. The molecule has 2 unspecified atom stereocenters. The summed E-state index contributed by atoms with van der Waals surface area (Å²) in [5, 5.41) is 6.69. The van der Waals surface area contributed by atoms with Crippen LogP contribution in [0.15, 0.2) is 5.38 Å². The van der Waals surface area contributed by atoms with Gasteiger partial charge in [-0.15, -0.1) is 11.3 Å². The minimum atomic E-state index is 0.342. The molecule has 16 heavy (non-hydrogen) atoms. The van der Waals surface area contributed by atoms with Crippen LogP contribution >= 0.6 is 11.3 Å². The number of methoxy groups -OCH3 is 1. The average Bonchev–Trinajstić information content (AvgIpc) is 3.02. The fourth-order valence-electron chi connectivity index (χ4n) is 2.18. The van der Waals surface area contributed by atoms with E-state index in [1.165, 1.54) is 17.8 Å². The van der Waals surface area contributed by atoms with Gasteiger partial charge in [-0.05, 0) is 32.7 Å². The lowest BCUT2D eigenvalue weighted by Gasteiger charge is -2.24. The van der Waals surface area contributed by atoms with Crippen LogP contribution in [-0.2, 0) is 11.2 Å². The highest BCUT2D eigenvalue weighted by Crippen LogP contribution is 2.36. The van der Waals surface area contributed by atoms with E-state index in [0.717, 1.165) is 18.0 Å². The first-order valence-electron chi connectivity index (χ1n) is 5.85. The summed E-state index contributed by atoms with van der Waals surface area (Å²) in [6, 6.07) is 0.392. The SMILES string of the molecule is CNC(Cc1nc(C)cs1)C(OC)C1CC1. The first kappa shape index (κ1) is 12.0. The Bertz CT molecular complexity index is 336. The molecule has 1 aromatic rings. The zero-order valence-electron chi connectivity index (χ0n) is 10.2. The van der Waals surface area contributed by atoms with Gasteiger partial charge in [-0.3, -0.25) is 0 Å². The second-order valence-corrected chi connectivity index (χ2v) is 5.46. The lowest BCUT2D eigenvalue weighted by molar-refractivity contribution is 0.0534. The lowest BCUT2D eigenvalue weighted by atomic mass is 10.0. The third kappa shape index (κ3) is 2.81. The molecule has 90 valence electrons. The smallest absolute Gasteiger partial charge is 0.0944 e. The summed E-state index contributed by atoms with van der Waals surface area (Å²) in [6.45, 7) is 2.04. The van der Waals surface area contributed by atoms with E-state index in [9.17, 15) is 0 Å². The second kappa shape index (κ2) is 5.25. The maximum absolute atomic E-state index is 5.62. The fraction of sp³-hybridized carbons (Fsp3) is 0.750. The van der Waals surface area contributed by atoms with Crippen LogP contribution in [0.25, 0.3) is 0 Å². The van der Waals surface area contributed by atoms with Gasteiger partial charge in [0.2, 0.25) is 0 Å². The van der Waals surface area contributed by atoms with Crippen molar-refractivity contribution in [2.75, 3.05) is 14.2 Å². The van der Waals surface area contributed by atoms with Crippen LogP contribution in [0.2, 0.25) is 0 Å². The van der Waals surface area contributed by atoms with Crippen LogP contribution in [-0.4, -0.2) is 31.3 Å². The van der Waals surface area contributed by atoms with Crippen LogP contribution in [0.1, 0.15) is 23.5 Å². The Hall–Kier alpha value is -0.450. The fourth-order valence-corrected chi connectivity index (χ4v) is 3.01. The Kier molecular flexibility index (Phi) is 3.95. The maximum atomic E-state index is 5.62. The molecular formula is C12H20N2OS. The van der Waals surface area contributed by atoms with Crippen molar-refractivity contribution in [3.8, 4) is 0 Å². The molecule has 0 aromatic carbocycles. The Labute approximate surface area is 101 Å².